The molecule has 3 aliphatic rings. The van der Waals surface area contributed by atoms with Gasteiger partial charge in [0.15, 0.2) is 0 Å². The van der Waals surface area contributed by atoms with Crippen molar-refractivity contribution in [3.05, 3.63) is 0 Å². The Morgan fingerprint density at radius 3 is 2.38 bits per heavy atom. The van der Waals surface area contributed by atoms with E-state index in [0.29, 0.717) is 11.3 Å². The Balaban J connectivity index is 1.94. The Labute approximate surface area is 99.6 Å². The Morgan fingerprint density at radius 2 is 1.69 bits per heavy atom. The molecule has 3 fully saturated rings. The minimum absolute atomic E-state index is 0.376. The molecule has 3 rings (SSSR count). The zero-order valence-electron chi connectivity index (χ0n) is 11.2. The first-order valence-corrected chi connectivity index (χ1v) is 7.08. The average Bonchev–Trinajstić information content (AvgIpc) is 2.51. The highest BCUT2D eigenvalue weighted by molar-refractivity contribution is 5.14. The quantitative estimate of drug-likeness (QED) is 0.665. The monoisotopic (exact) mass is 222 g/mol. The summed E-state index contributed by atoms with van der Waals surface area (Å²) in [5, 5.41) is 10.7. The molecule has 16 heavy (non-hydrogen) atoms. The summed E-state index contributed by atoms with van der Waals surface area (Å²) in [4.78, 5) is 0. The lowest BCUT2D eigenvalue weighted by Gasteiger charge is -2.35. The van der Waals surface area contributed by atoms with Gasteiger partial charge in [-0.05, 0) is 61.2 Å². The zero-order chi connectivity index (χ0) is 11.7. The van der Waals surface area contributed by atoms with Crippen LogP contribution in [0.25, 0.3) is 0 Å². The van der Waals surface area contributed by atoms with Crippen molar-refractivity contribution in [1.82, 2.24) is 0 Å². The average molecular weight is 222 g/mol. The summed E-state index contributed by atoms with van der Waals surface area (Å²) in [7, 11) is 0. The van der Waals surface area contributed by atoms with Gasteiger partial charge in [0.2, 0.25) is 0 Å². The van der Waals surface area contributed by atoms with Crippen molar-refractivity contribution < 1.29 is 5.11 Å². The van der Waals surface area contributed by atoms with Crippen LogP contribution in [-0.2, 0) is 0 Å². The van der Waals surface area contributed by atoms with Gasteiger partial charge in [-0.1, -0.05) is 27.2 Å². The van der Waals surface area contributed by atoms with Crippen LogP contribution in [0.1, 0.15) is 53.4 Å². The molecule has 6 atom stereocenters. The smallest absolute Gasteiger partial charge is 0.0650 e. The Hall–Kier alpha value is -0.0400. The second-order valence-corrected chi connectivity index (χ2v) is 7.59. The van der Waals surface area contributed by atoms with E-state index in [1.54, 1.807) is 0 Å². The van der Waals surface area contributed by atoms with Crippen LogP contribution in [0, 0.1) is 35.0 Å². The fraction of sp³-hybridized carbons (Fsp3) is 1.00. The molecule has 0 aromatic rings. The van der Waals surface area contributed by atoms with Gasteiger partial charge in [-0.3, -0.25) is 0 Å². The van der Waals surface area contributed by atoms with Crippen LogP contribution < -0.4 is 0 Å². The minimum Gasteiger partial charge on any atom is -0.390 e. The van der Waals surface area contributed by atoms with E-state index in [4.69, 9.17) is 0 Å². The number of hydrogen-bond donors (Lipinski definition) is 1. The van der Waals surface area contributed by atoms with Crippen LogP contribution in [0.15, 0.2) is 0 Å². The first-order valence-electron chi connectivity index (χ1n) is 7.08. The van der Waals surface area contributed by atoms with Crippen LogP contribution in [0.2, 0.25) is 0 Å². The first-order chi connectivity index (χ1) is 7.36. The Morgan fingerprint density at radius 1 is 1.00 bits per heavy atom. The van der Waals surface area contributed by atoms with Gasteiger partial charge in [-0.25, -0.2) is 0 Å². The maximum atomic E-state index is 10.7. The lowest BCUT2D eigenvalue weighted by molar-refractivity contribution is -0.0302. The Bertz CT molecular complexity index is 305. The van der Waals surface area contributed by atoms with Crippen molar-refractivity contribution in [2.45, 2.75) is 59.0 Å². The van der Waals surface area contributed by atoms with Gasteiger partial charge in [0.05, 0.1) is 5.60 Å². The molecule has 0 radical (unpaired) electrons. The van der Waals surface area contributed by atoms with Gasteiger partial charge in [-0.2, -0.15) is 0 Å². The van der Waals surface area contributed by atoms with Crippen LogP contribution in [0.5, 0.6) is 0 Å². The summed E-state index contributed by atoms with van der Waals surface area (Å²) in [6.45, 7) is 9.41. The van der Waals surface area contributed by atoms with E-state index in [0.717, 1.165) is 30.1 Å². The normalized spacial score (nSPS) is 58.7. The molecular formula is C15H26O. The van der Waals surface area contributed by atoms with Gasteiger partial charge in [0.25, 0.3) is 0 Å². The fourth-order valence-corrected chi connectivity index (χ4v) is 5.29. The first kappa shape index (κ1) is 11.1. The molecule has 0 aliphatic heterocycles. The SMILES string of the molecule is CC1CCC2C1C1C(CC[C@@]2(C)O)C1(C)C. The molecule has 1 N–H and O–H groups in total. The largest absolute Gasteiger partial charge is 0.390 e. The van der Waals surface area contributed by atoms with E-state index >= 15 is 0 Å². The summed E-state index contributed by atoms with van der Waals surface area (Å²) >= 11 is 0. The highest BCUT2D eigenvalue weighted by Crippen LogP contribution is 2.71. The molecule has 1 heteroatoms. The fourth-order valence-electron chi connectivity index (χ4n) is 5.29. The van der Waals surface area contributed by atoms with Gasteiger partial charge in [0.1, 0.15) is 0 Å². The molecule has 0 amide bonds. The predicted molar refractivity (Wildman–Crippen MR) is 66.0 cm³/mol. The van der Waals surface area contributed by atoms with Crippen LogP contribution in [-0.4, -0.2) is 10.7 Å². The molecule has 0 heterocycles. The van der Waals surface area contributed by atoms with Gasteiger partial charge >= 0.3 is 0 Å². The third-order valence-corrected chi connectivity index (χ3v) is 6.37. The van der Waals surface area contributed by atoms with E-state index in [-0.39, 0.29) is 5.60 Å². The lowest BCUT2D eigenvalue weighted by atomic mass is 9.74. The summed E-state index contributed by atoms with van der Waals surface area (Å²) < 4.78 is 0. The zero-order valence-corrected chi connectivity index (χ0v) is 11.2. The molecule has 5 unspecified atom stereocenters. The van der Waals surface area contributed by atoms with E-state index in [1.807, 2.05) is 0 Å². The van der Waals surface area contributed by atoms with Crippen molar-refractivity contribution in [3.8, 4) is 0 Å². The van der Waals surface area contributed by atoms with Crippen LogP contribution in [0.3, 0.4) is 0 Å². The second-order valence-electron chi connectivity index (χ2n) is 7.59. The van der Waals surface area contributed by atoms with Crippen molar-refractivity contribution in [2.75, 3.05) is 0 Å². The molecule has 92 valence electrons. The van der Waals surface area contributed by atoms with Gasteiger partial charge < -0.3 is 5.11 Å². The molecule has 1 nitrogen and oxygen atoms in total. The molecular weight excluding hydrogens is 196 g/mol. The summed E-state index contributed by atoms with van der Waals surface area (Å²) in [5.74, 6) is 4.03. The highest BCUT2D eigenvalue weighted by atomic mass is 16.3. The molecule has 0 saturated heterocycles. The molecule has 0 aromatic carbocycles. The van der Waals surface area contributed by atoms with E-state index in [9.17, 15) is 5.11 Å². The molecule has 3 aliphatic carbocycles. The molecule has 3 saturated carbocycles. The van der Waals surface area contributed by atoms with Crippen molar-refractivity contribution in [2.24, 2.45) is 35.0 Å². The third-order valence-electron chi connectivity index (χ3n) is 6.37. The maximum absolute atomic E-state index is 10.7. The number of rotatable bonds is 0. The maximum Gasteiger partial charge on any atom is 0.0650 e. The van der Waals surface area contributed by atoms with Crippen molar-refractivity contribution >= 4 is 0 Å². The summed E-state index contributed by atoms with van der Waals surface area (Å²) in [6, 6.07) is 0. The van der Waals surface area contributed by atoms with Crippen LogP contribution in [0.4, 0.5) is 0 Å². The molecule has 0 spiro atoms. The van der Waals surface area contributed by atoms with Crippen molar-refractivity contribution in [3.63, 3.8) is 0 Å². The predicted octanol–water partition coefficient (Wildman–Crippen LogP) is 3.47. The minimum atomic E-state index is -0.376. The topological polar surface area (TPSA) is 20.2 Å². The summed E-state index contributed by atoms with van der Waals surface area (Å²) in [5.41, 5.74) is 0.191. The number of hydrogen-bond acceptors (Lipinski definition) is 1. The molecule has 0 bridgehead atoms. The Kier molecular flexibility index (Phi) is 2.11. The third kappa shape index (κ3) is 1.27. The van der Waals surface area contributed by atoms with Gasteiger partial charge in [0, 0.05) is 0 Å². The summed E-state index contributed by atoms with van der Waals surface area (Å²) in [6.07, 6.45) is 4.89. The van der Waals surface area contributed by atoms with E-state index < -0.39 is 0 Å². The van der Waals surface area contributed by atoms with E-state index in [2.05, 4.69) is 27.7 Å². The number of aliphatic hydroxyl groups is 1. The van der Waals surface area contributed by atoms with E-state index in [1.165, 1.54) is 19.3 Å². The molecule has 0 aromatic heterocycles. The van der Waals surface area contributed by atoms with Gasteiger partial charge in [-0.15, -0.1) is 0 Å². The highest BCUT2D eigenvalue weighted by Gasteiger charge is 2.66. The van der Waals surface area contributed by atoms with Crippen molar-refractivity contribution in [1.29, 1.82) is 0 Å². The standard InChI is InChI=1S/C15H26O/c1-9-5-6-10-12(9)13-11(14(13,2)3)7-8-15(10,4)16/h9-13,16H,5-8H2,1-4H3/t9?,10?,11?,12?,13?,15-/m1/s1. The lowest BCUT2D eigenvalue weighted by Crippen LogP contribution is -2.38. The number of fused-ring (bicyclic) bond motifs is 3. The second kappa shape index (κ2) is 3.04. The van der Waals surface area contributed by atoms with Crippen LogP contribution >= 0.6 is 0 Å².